The predicted octanol–water partition coefficient (Wildman–Crippen LogP) is 2.35. The van der Waals surface area contributed by atoms with Crippen LogP contribution in [0.3, 0.4) is 0 Å². The summed E-state index contributed by atoms with van der Waals surface area (Å²) in [4.78, 5) is 7.10. The number of nitrogens with one attached hydrogen (secondary N) is 1. The molecule has 0 aliphatic carbocycles. The number of anilines is 1. The number of fused-ring (bicyclic) bond motifs is 1. The fourth-order valence-corrected chi connectivity index (χ4v) is 3.76. The number of hydrogen-bond donors (Lipinski definition) is 1. The monoisotopic (exact) mass is 363 g/mol. The van der Waals surface area contributed by atoms with Crippen molar-refractivity contribution in [3.63, 3.8) is 0 Å². The average Bonchev–Trinajstić information content (AvgIpc) is 3.41. The summed E-state index contributed by atoms with van der Waals surface area (Å²) in [5.41, 5.74) is 6.04. The van der Waals surface area contributed by atoms with Gasteiger partial charge in [0.25, 0.3) is 0 Å². The number of rotatable bonds is 3. The maximum Gasteiger partial charge on any atom is 0.146 e. The number of morpholine rings is 1. The lowest BCUT2D eigenvalue weighted by atomic mass is 10.1. The summed E-state index contributed by atoms with van der Waals surface area (Å²) in [5.74, 6) is 0. The highest BCUT2D eigenvalue weighted by Crippen LogP contribution is 2.32. The molecule has 1 saturated heterocycles. The number of aryl methyl sites for hydroxylation is 1. The molecule has 27 heavy (non-hydrogen) atoms. The Balaban J connectivity index is 1.76. The molecule has 0 spiro atoms. The van der Waals surface area contributed by atoms with E-state index in [1.807, 2.05) is 36.3 Å². The van der Waals surface area contributed by atoms with E-state index in [1.165, 1.54) is 0 Å². The molecule has 1 aliphatic heterocycles. The topological polar surface area (TPSA) is 76.3 Å². The van der Waals surface area contributed by atoms with Crippen molar-refractivity contribution in [1.82, 2.24) is 29.4 Å². The zero-order valence-corrected chi connectivity index (χ0v) is 15.3. The van der Waals surface area contributed by atoms with Crippen molar-refractivity contribution in [1.29, 1.82) is 0 Å². The Hall–Kier alpha value is -3.13. The number of aromatic nitrogens is 6. The van der Waals surface area contributed by atoms with Crippen molar-refractivity contribution in [3.05, 3.63) is 43.0 Å². The maximum atomic E-state index is 5.62. The third-order valence-corrected chi connectivity index (χ3v) is 5.16. The molecule has 0 aromatic carbocycles. The van der Waals surface area contributed by atoms with Gasteiger partial charge < -0.3 is 9.64 Å². The smallest absolute Gasteiger partial charge is 0.146 e. The summed E-state index contributed by atoms with van der Waals surface area (Å²) in [6, 6.07) is 6.50. The molecule has 0 saturated carbocycles. The maximum absolute atomic E-state index is 5.62. The third-order valence-electron chi connectivity index (χ3n) is 5.16. The minimum atomic E-state index is 0.315. The van der Waals surface area contributed by atoms with Gasteiger partial charge in [-0.1, -0.05) is 0 Å². The third kappa shape index (κ3) is 2.60. The lowest BCUT2D eigenvalue weighted by Gasteiger charge is -2.35. The van der Waals surface area contributed by atoms with E-state index >= 15 is 0 Å². The molecule has 8 nitrogen and oxygen atoms in total. The van der Waals surface area contributed by atoms with Crippen LogP contribution < -0.4 is 4.90 Å². The van der Waals surface area contributed by atoms with E-state index in [-0.39, 0.29) is 0 Å². The SMILES string of the molecule is CC1COCCN1c1cc(-c2ccnn2C)c2ncc(-c3ccn[nH]3)n2c1. The summed E-state index contributed by atoms with van der Waals surface area (Å²) in [6.07, 6.45) is 7.61. The first kappa shape index (κ1) is 16.1. The van der Waals surface area contributed by atoms with Crippen LogP contribution in [0.4, 0.5) is 5.69 Å². The number of H-pyrrole nitrogens is 1. The van der Waals surface area contributed by atoms with Gasteiger partial charge in [-0.2, -0.15) is 10.2 Å². The second-order valence-electron chi connectivity index (χ2n) is 6.88. The van der Waals surface area contributed by atoms with Crippen LogP contribution in [0.5, 0.6) is 0 Å². The van der Waals surface area contributed by atoms with Crippen molar-refractivity contribution in [2.24, 2.45) is 7.05 Å². The minimum Gasteiger partial charge on any atom is -0.377 e. The zero-order valence-electron chi connectivity index (χ0n) is 15.3. The molecule has 1 atom stereocenters. The lowest BCUT2D eigenvalue weighted by molar-refractivity contribution is 0.0989. The molecule has 1 aliphatic rings. The highest BCUT2D eigenvalue weighted by molar-refractivity contribution is 5.81. The Kier molecular flexibility index (Phi) is 3.71. The molecule has 0 radical (unpaired) electrons. The van der Waals surface area contributed by atoms with Gasteiger partial charge in [0.05, 0.1) is 42.2 Å². The number of nitrogens with zero attached hydrogens (tertiary/aromatic N) is 6. The largest absolute Gasteiger partial charge is 0.377 e. The number of pyridine rings is 1. The molecule has 138 valence electrons. The van der Waals surface area contributed by atoms with Gasteiger partial charge in [-0.15, -0.1) is 0 Å². The van der Waals surface area contributed by atoms with Gasteiger partial charge in [0.2, 0.25) is 0 Å². The second kappa shape index (κ2) is 6.24. The van der Waals surface area contributed by atoms with Crippen molar-refractivity contribution < 1.29 is 4.74 Å². The van der Waals surface area contributed by atoms with E-state index in [9.17, 15) is 0 Å². The van der Waals surface area contributed by atoms with Gasteiger partial charge in [-0.05, 0) is 25.1 Å². The van der Waals surface area contributed by atoms with E-state index in [0.29, 0.717) is 6.04 Å². The number of aromatic amines is 1. The van der Waals surface area contributed by atoms with Crippen LogP contribution in [0, 0.1) is 0 Å². The average molecular weight is 363 g/mol. The molecule has 8 heteroatoms. The second-order valence-corrected chi connectivity index (χ2v) is 6.88. The van der Waals surface area contributed by atoms with Gasteiger partial charge in [-0.3, -0.25) is 14.2 Å². The summed E-state index contributed by atoms with van der Waals surface area (Å²) in [5, 5.41) is 11.5. The first-order valence-corrected chi connectivity index (χ1v) is 9.06. The van der Waals surface area contributed by atoms with Crippen LogP contribution in [0.25, 0.3) is 28.3 Å². The van der Waals surface area contributed by atoms with Crippen molar-refractivity contribution in [2.45, 2.75) is 13.0 Å². The van der Waals surface area contributed by atoms with Crippen LogP contribution in [-0.2, 0) is 11.8 Å². The van der Waals surface area contributed by atoms with Crippen LogP contribution >= 0.6 is 0 Å². The highest BCUT2D eigenvalue weighted by atomic mass is 16.5. The van der Waals surface area contributed by atoms with Crippen LogP contribution in [-0.4, -0.2) is 55.2 Å². The fraction of sp³-hybridized carbons (Fsp3) is 0.316. The Labute approximate surface area is 156 Å². The van der Waals surface area contributed by atoms with Crippen molar-refractivity contribution in [2.75, 3.05) is 24.7 Å². The van der Waals surface area contributed by atoms with E-state index in [4.69, 9.17) is 9.72 Å². The van der Waals surface area contributed by atoms with Crippen LogP contribution in [0.2, 0.25) is 0 Å². The molecule has 0 amide bonds. The van der Waals surface area contributed by atoms with Gasteiger partial charge in [0.15, 0.2) is 0 Å². The summed E-state index contributed by atoms with van der Waals surface area (Å²) < 4.78 is 9.64. The standard InChI is InChI=1S/C19H21N7O/c1-13-12-27-8-7-25(13)14-9-15(17-4-6-22-24(17)2)19-20-10-18(26(19)11-14)16-3-5-21-23-16/h3-6,9-11,13H,7-8,12H2,1-2H3,(H,21,23). The molecule has 4 aromatic heterocycles. The van der Waals surface area contributed by atoms with Gasteiger partial charge in [-0.25, -0.2) is 4.98 Å². The highest BCUT2D eigenvalue weighted by Gasteiger charge is 2.22. The van der Waals surface area contributed by atoms with Gasteiger partial charge >= 0.3 is 0 Å². The molecule has 1 N–H and O–H groups in total. The predicted molar refractivity (Wildman–Crippen MR) is 103 cm³/mol. The molecule has 1 unspecified atom stereocenters. The molecular formula is C19H21N7O. The van der Waals surface area contributed by atoms with Crippen molar-refractivity contribution in [3.8, 4) is 22.6 Å². The molecule has 5 rings (SSSR count). The molecule has 1 fully saturated rings. The molecule has 0 bridgehead atoms. The molecule has 4 aromatic rings. The lowest BCUT2D eigenvalue weighted by Crippen LogP contribution is -2.43. The van der Waals surface area contributed by atoms with E-state index in [0.717, 1.165) is 53.7 Å². The van der Waals surface area contributed by atoms with E-state index in [2.05, 4.69) is 43.8 Å². The quantitative estimate of drug-likeness (QED) is 0.605. The first-order chi connectivity index (χ1) is 13.2. The number of imidazole rings is 1. The molecular weight excluding hydrogens is 342 g/mol. The normalized spacial score (nSPS) is 17.7. The van der Waals surface area contributed by atoms with Gasteiger partial charge in [0.1, 0.15) is 5.65 Å². The minimum absolute atomic E-state index is 0.315. The summed E-state index contributed by atoms with van der Waals surface area (Å²) in [7, 11) is 1.95. The first-order valence-electron chi connectivity index (χ1n) is 9.06. The fourth-order valence-electron chi connectivity index (χ4n) is 3.76. The summed E-state index contributed by atoms with van der Waals surface area (Å²) >= 11 is 0. The van der Waals surface area contributed by atoms with Crippen molar-refractivity contribution >= 4 is 11.3 Å². The Morgan fingerprint density at radius 1 is 1.22 bits per heavy atom. The van der Waals surface area contributed by atoms with Gasteiger partial charge in [0, 0.05) is 43.8 Å². The van der Waals surface area contributed by atoms with E-state index < -0.39 is 0 Å². The summed E-state index contributed by atoms with van der Waals surface area (Å²) in [6.45, 7) is 4.53. The van der Waals surface area contributed by atoms with Crippen LogP contribution in [0.1, 0.15) is 6.92 Å². The Morgan fingerprint density at radius 2 is 2.15 bits per heavy atom. The molecule has 5 heterocycles. The number of ether oxygens (including phenoxy) is 1. The zero-order chi connectivity index (χ0) is 18.4. The van der Waals surface area contributed by atoms with Crippen LogP contribution in [0.15, 0.2) is 43.0 Å². The number of hydrogen-bond acceptors (Lipinski definition) is 5. The Bertz CT molecular complexity index is 1080. The Morgan fingerprint density at radius 3 is 2.89 bits per heavy atom. The van der Waals surface area contributed by atoms with E-state index in [1.54, 1.807) is 6.20 Å².